The highest BCUT2D eigenvalue weighted by Gasteiger charge is 2.21. The van der Waals surface area contributed by atoms with E-state index in [1.807, 2.05) is 30.3 Å². The molecular weight excluding hydrogens is 488 g/mol. The molecule has 1 amide bonds. The smallest absolute Gasteiger partial charge is 0.265 e. The lowest BCUT2D eigenvalue weighted by molar-refractivity contribution is 0.103. The Morgan fingerprint density at radius 3 is 2.50 bits per heavy atom. The van der Waals surface area contributed by atoms with Gasteiger partial charge in [-0.25, -0.2) is 4.98 Å². The van der Waals surface area contributed by atoms with E-state index >= 15 is 0 Å². The minimum absolute atomic E-state index is 0.0569. The van der Waals surface area contributed by atoms with Crippen molar-refractivity contribution in [2.24, 2.45) is 0 Å². The van der Waals surface area contributed by atoms with Gasteiger partial charge in [0.05, 0.1) is 16.2 Å². The molecule has 5 rings (SSSR count). The van der Waals surface area contributed by atoms with Gasteiger partial charge in [0.1, 0.15) is 4.83 Å². The Labute approximate surface area is 211 Å². The number of carbonyl (C=O) groups is 1. The number of thiazole rings is 1. The number of piperidine rings is 1. The van der Waals surface area contributed by atoms with Gasteiger partial charge in [-0.2, -0.15) is 0 Å². The largest absolute Gasteiger partial charge is 0.395 e. The average molecular weight is 513 g/mol. The van der Waals surface area contributed by atoms with Gasteiger partial charge in [-0.15, -0.1) is 11.3 Å². The van der Waals surface area contributed by atoms with Gasteiger partial charge in [-0.05, 0) is 66.8 Å². The first-order valence-electron chi connectivity index (χ1n) is 11.3. The summed E-state index contributed by atoms with van der Waals surface area (Å²) in [6.07, 6.45) is 2.22. The van der Waals surface area contributed by atoms with Gasteiger partial charge in [0.15, 0.2) is 5.13 Å². The quantitative estimate of drug-likeness (QED) is 0.281. The average Bonchev–Trinajstić information content (AvgIpc) is 3.43. The normalized spacial score (nSPS) is 14.5. The number of thiophene rings is 1. The Balaban J connectivity index is 1.17. The second-order valence-electron chi connectivity index (χ2n) is 8.26. The lowest BCUT2D eigenvalue weighted by atomic mass is 9.89. The Hall–Kier alpha value is -2.65. The lowest BCUT2D eigenvalue weighted by Gasteiger charge is -2.34. The van der Waals surface area contributed by atoms with Crippen LogP contribution < -0.4 is 15.5 Å². The number of nitrogens with zero attached hydrogens (tertiary/aromatic N) is 2. The monoisotopic (exact) mass is 512 g/mol. The summed E-state index contributed by atoms with van der Waals surface area (Å²) in [5.74, 6) is 0.445. The molecule has 0 unspecified atom stereocenters. The number of aromatic nitrogens is 1. The van der Waals surface area contributed by atoms with Gasteiger partial charge in [0.2, 0.25) is 0 Å². The number of amides is 1. The van der Waals surface area contributed by atoms with E-state index < -0.39 is 0 Å². The molecule has 1 aliphatic rings. The van der Waals surface area contributed by atoms with Crippen LogP contribution in [0.2, 0.25) is 5.02 Å². The maximum atomic E-state index is 12.7. The second-order valence-corrected chi connectivity index (χ2v) is 10.8. The third kappa shape index (κ3) is 5.20. The number of anilines is 3. The van der Waals surface area contributed by atoms with Crippen molar-refractivity contribution in [3.8, 4) is 0 Å². The molecule has 2 aromatic heterocycles. The fourth-order valence-electron chi connectivity index (χ4n) is 4.24. The van der Waals surface area contributed by atoms with E-state index in [0.29, 0.717) is 17.3 Å². The van der Waals surface area contributed by atoms with Gasteiger partial charge < -0.3 is 20.6 Å². The number of aliphatic hydroxyl groups excluding tert-OH is 1. The predicted octanol–water partition coefficient (Wildman–Crippen LogP) is 6.05. The molecule has 1 fully saturated rings. The molecule has 9 heteroatoms. The molecule has 0 atom stereocenters. The number of hydrogen-bond donors (Lipinski definition) is 3. The molecule has 0 radical (unpaired) electrons. The fourth-order valence-corrected chi connectivity index (χ4v) is 6.40. The Bertz CT molecular complexity index is 1230. The maximum Gasteiger partial charge on any atom is 0.265 e. The Morgan fingerprint density at radius 2 is 1.82 bits per heavy atom. The summed E-state index contributed by atoms with van der Waals surface area (Å²) in [6, 6.07) is 18.2. The highest BCUT2D eigenvalue weighted by Crippen LogP contribution is 2.34. The Morgan fingerprint density at radius 1 is 1.09 bits per heavy atom. The minimum Gasteiger partial charge on any atom is -0.395 e. The molecule has 0 saturated carbocycles. The summed E-state index contributed by atoms with van der Waals surface area (Å²) in [5, 5.41) is 16.5. The van der Waals surface area contributed by atoms with Crippen LogP contribution in [0.5, 0.6) is 0 Å². The van der Waals surface area contributed by atoms with Crippen LogP contribution in [0.25, 0.3) is 9.53 Å². The molecule has 1 aliphatic heterocycles. The van der Waals surface area contributed by atoms with E-state index in [1.54, 1.807) is 0 Å². The molecule has 0 bridgehead atoms. The summed E-state index contributed by atoms with van der Waals surface area (Å²) in [5.41, 5.74) is 3.32. The minimum atomic E-state index is -0.128. The number of nitrogens with one attached hydrogen (secondary N) is 2. The molecule has 1 saturated heterocycles. The summed E-state index contributed by atoms with van der Waals surface area (Å²) < 4.78 is 0.966. The first kappa shape index (κ1) is 23.1. The van der Waals surface area contributed by atoms with Crippen molar-refractivity contribution in [1.82, 2.24) is 4.98 Å². The molecular formula is C25H25ClN4O2S2. The van der Waals surface area contributed by atoms with E-state index in [-0.39, 0.29) is 12.5 Å². The molecule has 3 N–H and O–H groups in total. The van der Waals surface area contributed by atoms with Crippen LogP contribution in [0, 0.1) is 0 Å². The maximum absolute atomic E-state index is 12.7. The fraction of sp³-hybridized carbons (Fsp3) is 0.280. The molecule has 176 valence electrons. The number of carbonyl (C=O) groups excluding carboxylic acids is 1. The number of hydrogen-bond acceptors (Lipinski definition) is 7. The van der Waals surface area contributed by atoms with Crippen LogP contribution >= 0.6 is 34.3 Å². The Kier molecular flexibility index (Phi) is 7.01. The van der Waals surface area contributed by atoms with Crippen molar-refractivity contribution in [3.63, 3.8) is 0 Å². The van der Waals surface area contributed by atoms with Gasteiger partial charge in [0, 0.05) is 36.0 Å². The molecule has 6 nitrogen and oxygen atoms in total. The van der Waals surface area contributed by atoms with Gasteiger partial charge in [-0.3, -0.25) is 4.79 Å². The molecule has 2 aromatic carbocycles. The molecule has 3 heterocycles. The zero-order valence-corrected chi connectivity index (χ0v) is 20.8. The molecule has 4 aromatic rings. The van der Waals surface area contributed by atoms with Crippen LogP contribution in [-0.4, -0.2) is 42.2 Å². The van der Waals surface area contributed by atoms with Crippen molar-refractivity contribution in [1.29, 1.82) is 0 Å². The lowest BCUT2D eigenvalue weighted by Crippen LogP contribution is -2.32. The third-order valence-corrected chi connectivity index (χ3v) is 8.40. The van der Waals surface area contributed by atoms with Gasteiger partial charge in [0.25, 0.3) is 5.91 Å². The highest BCUT2D eigenvalue weighted by molar-refractivity contribution is 7.29. The summed E-state index contributed by atoms with van der Waals surface area (Å²) in [4.78, 5) is 21.1. The summed E-state index contributed by atoms with van der Waals surface area (Å²) >= 11 is 8.88. The number of aliphatic hydroxyl groups is 1. The summed E-state index contributed by atoms with van der Waals surface area (Å²) in [6.45, 7) is 2.53. The SMILES string of the molecule is O=C(Nc1ccc(N2CCC(c3ccc(Cl)cc3)CC2)cc1)c1cc2sc(NCCO)nc2s1. The van der Waals surface area contributed by atoms with E-state index in [0.717, 1.165) is 51.3 Å². The van der Waals surface area contributed by atoms with Crippen molar-refractivity contribution < 1.29 is 9.90 Å². The van der Waals surface area contributed by atoms with Gasteiger partial charge >= 0.3 is 0 Å². The number of rotatable bonds is 7. The number of halogens is 1. The molecule has 0 spiro atoms. The topological polar surface area (TPSA) is 77.5 Å². The van der Waals surface area contributed by atoms with Crippen LogP contribution in [0.1, 0.15) is 34.0 Å². The van der Waals surface area contributed by atoms with Crippen LogP contribution in [0.15, 0.2) is 54.6 Å². The van der Waals surface area contributed by atoms with Crippen molar-refractivity contribution >= 4 is 66.2 Å². The first-order chi connectivity index (χ1) is 16.6. The van der Waals surface area contributed by atoms with E-state index in [9.17, 15) is 4.79 Å². The molecule has 0 aliphatic carbocycles. The first-order valence-corrected chi connectivity index (χ1v) is 13.3. The highest BCUT2D eigenvalue weighted by atomic mass is 35.5. The second kappa shape index (κ2) is 10.3. The molecule has 34 heavy (non-hydrogen) atoms. The number of fused-ring (bicyclic) bond motifs is 1. The van der Waals surface area contributed by atoms with Crippen molar-refractivity contribution in [3.05, 3.63) is 70.1 Å². The standard InChI is InChI=1S/C25H25ClN4O2S2/c26-18-3-1-16(2-4-18)17-9-12-30(13-10-17)20-7-5-19(6-8-20)28-23(32)21-15-22-24(33-21)29-25(34-22)27-11-14-31/h1-8,15,17,31H,9-14H2,(H,27,29)(H,28,32). The van der Waals surface area contributed by atoms with Crippen molar-refractivity contribution in [2.75, 3.05) is 41.8 Å². The summed E-state index contributed by atoms with van der Waals surface area (Å²) in [7, 11) is 0. The van der Waals surface area contributed by atoms with Crippen LogP contribution in [0.3, 0.4) is 0 Å². The van der Waals surface area contributed by atoms with E-state index in [2.05, 4.69) is 44.8 Å². The predicted molar refractivity (Wildman–Crippen MR) is 143 cm³/mol. The zero-order chi connectivity index (χ0) is 23.5. The van der Waals surface area contributed by atoms with E-state index in [4.69, 9.17) is 16.7 Å². The van der Waals surface area contributed by atoms with Crippen LogP contribution in [-0.2, 0) is 0 Å². The third-order valence-electron chi connectivity index (χ3n) is 6.03. The zero-order valence-electron chi connectivity index (χ0n) is 18.5. The van der Waals surface area contributed by atoms with Crippen molar-refractivity contribution in [2.45, 2.75) is 18.8 Å². The van der Waals surface area contributed by atoms with E-state index in [1.165, 1.54) is 33.9 Å². The van der Waals surface area contributed by atoms with Gasteiger partial charge in [-0.1, -0.05) is 35.1 Å². The number of benzene rings is 2. The van der Waals surface area contributed by atoms with Crippen LogP contribution in [0.4, 0.5) is 16.5 Å².